The first-order valence-corrected chi connectivity index (χ1v) is 5.88. The number of carbonyl (C=O) groups is 2. The molecule has 0 aliphatic carbocycles. The Morgan fingerprint density at radius 1 is 1.47 bits per heavy atom. The van der Waals surface area contributed by atoms with E-state index in [1.807, 2.05) is 25.7 Å². The molecule has 5 heteroatoms. The molecule has 0 aromatic carbocycles. The Balaban J connectivity index is 2.69. The van der Waals surface area contributed by atoms with E-state index in [1.165, 1.54) is 7.11 Å². The maximum atomic E-state index is 12.2. The molecule has 1 fully saturated rings. The van der Waals surface area contributed by atoms with Crippen molar-refractivity contribution in [2.24, 2.45) is 0 Å². The number of methoxy groups -OCH3 is 1. The summed E-state index contributed by atoms with van der Waals surface area (Å²) >= 11 is 0. The van der Waals surface area contributed by atoms with Crippen molar-refractivity contribution in [3.05, 3.63) is 0 Å². The molecule has 1 unspecified atom stereocenters. The van der Waals surface area contributed by atoms with Crippen molar-refractivity contribution in [1.29, 1.82) is 0 Å². The van der Waals surface area contributed by atoms with Gasteiger partial charge >= 0.3 is 12.0 Å². The van der Waals surface area contributed by atoms with Gasteiger partial charge < -0.3 is 14.5 Å². The van der Waals surface area contributed by atoms with Crippen LogP contribution in [0.15, 0.2) is 0 Å². The predicted octanol–water partition coefficient (Wildman–Crippen LogP) is 1.47. The van der Waals surface area contributed by atoms with Crippen LogP contribution in [0, 0.1) is 0 Å². The molecule has 1 atom stereocenters. The molecule has 0 radical (unpaired) electrons. The van der Waals surface area contributed by atoms with Crippen LogP contribution in [0.25, 0.3) is 0 Å². The number of amides is 2. The van der Waals surface area contributed by atoms with Gasteiger partial charge in [0, 0.05) is 25.2 Å². The van der Waals surface area contributed by atoms with Crippen molar-refractivity contribution in [3.63, 3.8) is 0 Å². The molecular formula is C12H22N2O3. The molecule has 0 aromatic heterocycles. The number of rotatable bonds is 2. The van der Waals surface area contributed by atoms with Gasteiger partial charge in [0.2, 0.25) is 0 Å². The summed E-state index contributed by atoms with van der Waals surface area (Å²) in [4.78, 5) is 26.9. The second-order valence-corrected chi connectivity index (χ2v) is 5.44. The number of nitrogens with zero attached hydrogens (tertiary/aromatic N) is 2. The van der Waals surface area contributed by atoms with Gasteiger partial charge in [-0.05, 0) is 27.2 Å². The van der Waals surface area contributed by atoms with Crippen LogP contribution in [0.1, 0.15) is 33.6 Å². The smallest absolute Gasteiger partial charge is 0.320 e. The lowest BCUT2D eigenvalue weighted by Crippen LogP contribution is -2.58. The summed E-state index contributed by atoms with van der Waals surface area (Å²) < 4.78 is 4.64. The van der Waals surface area contributed by atoms with Crippen LogP contribution < -0.4 is 0 Å². The fourth-order valence-corrected chi connectivity index (χ4v) is 2.05. The topological polar surface area (TPSA) is 49.9 Å². The summed E-state index contributed by atoms with van der Waals surface area (Å²) in [6, 6.07) is -0.0637. The molecule has 1 aliphatic rings. The first-order valence-electron chi connectivity index (χ1n) is 5.88. The van der Waals surface area contributed by atoms with Crippen LogP contribution in [0.2, 0.25) is 0 Å². The third kappa shape index (κ3) is 3.11. The van der Waals surface area contributed by atoms with E-state index in [2.05, 4.69) is 4.74 Å². The number of esters is 1. The molecule has 0 bridgehead atoms. The molecule has 1 heterocycles. The first-order chi connectivity index (χ1) is 7.77. The maximum absolute atomic E-state index is 12.2. The second-order valence-electron chi connectivity index (χ2n) is 5.44. The standard InChI is InChI=1S/C12H22N2O3/c1-12(2,3)14-7-6-9(8-10(15)17-5)13(4)11(14)16/h9H,6-8H2,1-5H3. The molecule has 1 aliphatic heterocycles. The first kappa shape index (κ1) is 13.8. The highest BCUT2D eigenvalue weighted by Gasteiger charge is 2.36. The Bertz CT molecular complexity index is 309. The molecule has 5 nitrogen and oxygen atoms in total. The van der Waals surface area contributed by atoms with Crippen molar-refractivity contribution in [3.8, 4) is 0 Å². The minimum absolute atomic E-state index is 0.0161. The molecular weight excluding hydrogens is 220 g/mol. The van der Waals surface area contributed by atoms with Crippen molar-refractivity contribution < 1.29 is 14.3 Å². The minimum atomic E-state index is -0.265. The molecule has 98 valence electrons. The van der Waals surface area contributed by atoms with Crippen molar-refractivity contribution in [1.82, 2.24) is 9.80 Å². The Morgan fingerprint density at radius 3 is 2.53 bits per heavy atom. The number of hydrogen-bond donors (Lipinski definition) is 0. The summed E-state index contributed by atoms with van der Waals surface area (Å²) in [6.45, 7) is 6.73. The van der Waals surface area contributed by atoms with Gasteiger partial charge in [0.05, 0.1) is 13.5 Å². The number of ether oxygens (including phenoxy) is 1. The summed E-state index contributed by atoms with van der Waals surface area (Å²) in [5.74, 6) is -0.265. The fraction of sp³-hybridized carbons (Fsp3) is 0.833. The van der Waals surface area contributed by atoms with E-state index in [-0.39, 0.29) is 30.0 Å². The highest BCUT2D eigenvalue weighted by Crippen LogP contribution is 2.24. The normalized spacial score (nSPS) is 21.7. The third-order valence-electron chi connectivity index (χ3n) is 3.21. The van der Waals surface area contributed by atoms with Crippen LogP contribution in [-0.4, -0.2) is 54.1 Å². The highest BCUT2D eigenvalue weighted by atomic mass is 16.5. The zero-order valence-corrected chi connectivity index (χ0v) is 11.3. The van der Waals surface area contributed by atoms with Crippen LogP contribution in [0.5, 0.6) is 0 Å². The van der Waals surface area contributed by atoms with Gasteiger partial charge in [0.25, 0.3) is 0 Å². The molecule has 0 N–H and O–H groups in total. The Hall–Kier alpha value is -1.26. The van der Waals surface area contributed by atoms with Gasteiger partial charge in [-0.2, -0.15) is 0 Å². The van der Waals surface area contributed by atoms with E-state index in [0.717, 1.165) is 6.42 Å². The van der Waals surface area contributed by atoms with Gasteiger partial charge in [-0.15, -0.1) is 0 Å². The zero-order valence-electron chi connectivity index (χ0n) is 11.3. The van der Waals surface area contributed by atoms with Crippen molar-refractivity contribution >= 4 is 12.0 Å². The monoisotopic (exact) mass is 242 g/mol. The largest absolute Gasteiger partial charge is 0.469 e. The lowest BCUT2D eigenvalue weighted by Gasteiger charge is -2.45. The van der Waals surface area contributed by atoms with Crippen LogP contribution in [0.4, 0.5) is 4.79 Å². The van der Waals surface area contributed by atoms with E-state index < -0.39 is 0 Å². The lowest BCUT2D eigenvalue weighted by molar-refractivity contribution is -0.142. The molecule has 17 heavy (non-hydrogen) atoms. The third-order valence-corrected chi connectivity index (χ3v) is 3.21. The van der Waals surface area contributed by atoms with Crippen molar-refractivity contribution in [2.75, 3.05) is 20.7 Å². The Morgan fingerprint density at radius 2 is 2.06 bits per heavy atom. The summed E-state index contributed by atoms with van der Waals surface area (Å²) in [6.07, 6.45) is 1.07. The van der Waals surface area contributed by atoms with Gasteiger partial charge in [-0.25, -0.2) is 4.79 Å². The van der Waals surface area contributed by atoms with Crippen LogP contribution in [0.3, 0.4) is 0 Å². The summed E-state index contributed by atoms with van der Waals surface area (Å²) in [7, 11) is 3.11. The Kier molecular flexibility index (Phi) is 4.01. The fourth-order valence-electron chi connectivity index (χ4n) is 2.05. The quantitative estimate of drug-likeness (QED) is 0.689. The zero-order chi connectivity index (χ0) is 13.2. The molecule has 0 spiro atoms. The molecule has 1 saturated heterocycles. The van der Waals surface area contributed by atoms with Gasteiger partial charge in [0.15, 0.2) is 0 Å². The maximum Gasteiger partial charge on any atom is 0.320 e. The van der Waals surface area contributed by atoms with E-state index in [9.17, 15) is 9.59 Å². The molecule has 1 rings (SSSR count). The number of carbonyl (C=O) groups excluding carboxylic acids is 2. The Labute approximate surface area is 103 Å². The van der Waals surface area contributed by atoms with Crippen LogP contribution >= 0.6 is 0 Å². The molecule has 0 saturated carbocycles. The SMILES string of the molecule is COC(=O)CC1CCN(C(C)(C)C)C(=O)N1C. The highest BCUT2D eigenvalue weighted by molar-refractivity contribution is 5.78. The van der Waals surface area contributed by atoms with E-state index in [0.29, 0.717) is 6.54 Å². The van der Waals surface area contributed by atoms with Crippen LogP contribution in [-0.2, 0) is 9.53 Å². The number of urea groups is 1. The summed E-state index contributed by atoms with van der Waals surface area (Å²) in [5.41, 5.74) is -0.179. The van der Waals surface area contributed by atoms with E-state index in [4.69, 9.17) is 0 Å². The molecule has 2 amide bonds. The average molecular weight is 242 g/mol. The van der Waals surface area contributed by atoms with Gasteiger partial charge in [-0.3, -0.25) is 4.79 Å². The van der Waals surface area contributed by atoms with Crippen molar-refractivity contribution in [2.45, 2.75) is 45.2 Å². The van der Waals surface area contributed by atoms with Gasteiger partial charge in [-0.1, -0.05) is 0 Å². The van der Waals surface area contributed by atoms with E-state index in [1.54, 1.807) is 11.9 Å². The van der Waals surface area contributed by atoms with Gasteiger partial charge in [0.1, 0.15) is 0 Å². The second kappa shape index (κ2) is 4.94. The lowest BCUT2D eigenvalue weighted by atomic mass is 10.0. The molecule has 0 aromatic rings. The number of hydrogen-bond acceptors (Lipinski definition) is 3. The minimum Gasteiger partial charge on any atom is -0.469 e. The summed E-state index contributed by atoms with van der Waals surface area (Å²) in [5, 5.41) is 0. The predicted molar refractivity (Wildman–Crippen MR) is 64.7 cm³/mol. The average Bonchev–Trinajstić information content (AvgIpc) is 2.22. The van der Waals surface area contributed by atoms with E-state index >= 15 is 0 Å².